The van der Waals surface area contributed by atoms with Crippen LogP contribution in [0.15, 0.2) is 52.9 Å². The topological polar surface area (TPSA) is 71.8 Å². The fraction of sp³-hybridized carbons (Fsp3) is 0.273. The lowest BCUT2D eigenvalue weighted by atomic mass is 9.99. The molecule has 1 aliphatic heterocycles. The van der Waals surface area contributed by atoms with Crippen molar-refractivity contribution in [2.24, 2.45) is 0 Å². The number of nitrogens with zero attached hydrogens (tertiary/aromatic N) is 1. The highest BCUT2D eigenvalue weighted by atomic mass is 16.5. The highest BCUT2D eigenvalue weighted by Gasteiger charge is 2.51. The van der Waals surface area contributed by atoms with Gasteiger partial charge < -0.3 is 14.5 Å². The molecule has 1 N–H and O–H groups in total. The Morgan fingerprint density at radius 3 is 2.68 bits per heavy atom. The third kappa shape index (κ3) is 3.01. The predicted octanol–water partition coefficient (Wildman–Crippen LogP) is 3.90. The summed E-state index contributed by atoms with van der Waals surface area (Å²) in [5, 5.41) is 3.65. The Morgan fingerprint density at radius 1 is 1.11 bits per heavy atom. The summed E-state index contributed by atoms with van der Waals surface area (Å²) in [6.07, 6.45) is 0. The molecule has 0 bridgehead atoms. The quantitative estimate of drug-likeness (QED) is 0.684. The van der Waals surface area contributed by atoms with Gasteiger partial charge in [-0.2, -0.15) is 0 Å². The van der Waals surface area contributed by atoms with E-state index in [0.717, 1.165) is 22.3 Å². The number of benzene rings is 2. The van der Waals surface area contributed by atoms with E-state index in [1.807, 2.05) is 56.3 Å². The Hall–Kier alpha value is -3.28. The molecule has 0 saturated carbocycles. The predicted molar refractivity (Wildman–Crippen MR) is 105 cm³/mol. The molecule has 144 valence electrons. The number of para-hydroxylation sites is 1. The van der Waals surface area contributed by atoms with Crippen molar-refractivity contribution in [3.63, 3.8) is 0 Å². The number of imide groups is 1. The lowest BCUT2D eigenvalue weighted by Gasteiger charge is -2.19. The molecule has 4 rings (SSSR count). The first kappa shape index (κ1) is 18.1. The Morgan fingerprint density at radius 2 is 1.89 bits per heavy atom. The molecule has 1 atom stereocenters. The van der Waals surface area contributed by atoms with E-state index in [0.29, 0.717) is 11.3 Å². The number of urea groups is 1. The third-order valence-electron chi connectivity index (χ3n) is 5.11. The van der Waals surface area contributed by atoms with Crippen LogP contribution in [0.4, 0.5) is 4.79 Å². The second kappa shape index (κ2) is 6.71. The first-order valence-electron chi connectivity index (χ1n) is 9.22. The van der Waals surface area contributed by atoms with Gasteiger partial charge in [0.1, 0.15) is 23.7 Å². The molecule has 2 aromatic carbocycles. The Labute approximate surface area is 163 Å². The number of nitrogens with one attached hydrogen (secondary N) is 1. The molecule has 3 aromatic rings. The lowest BCUT2D eigenvalue weighted by molar-refractivity contribution is -0.131. The van der Waals surface area contributed by atoms with Crippen molar-refractivity contribution in [2.45, 2.75) is 26.3 Å². The average molecular weight is 378 g/mol. The zero-order chi connectivity index (χ0) is 19.9. The number of aryl methyl sites for hydroxylation is 2. The zero-order valence-corrected chi connectivity index (χ0v) is 16.1. The fourth-order valence-electron chi connectivity index (χ4n) is 3.41. The van der Waals surface area contributed by atoms with Crippen molar-refractivity contribution in [1.82, 2.24) is 10.2 Å². The van der Waals surface area contributed by atoms with Crippen LogP contribution in [-0.4, -0.2) is 30.0 Å². The lowest BCUT2D eigenvalue weighted by Crippen LogP contribution is -2.41. The summed E-state index contributed by atoms with van der Waals surface area (Å²) in [6, 6.07) is 14.8. The molecular weight excluding hydrogens is 356 g/mol. The number of amides is 3. The summed E-state index contributed by atoms with van der Waals surface area (Å²) in [7, 11) is 0. The Kier molecular flexibility index (Phi) is 4.34. The minimum absolute atomic E-state index is 0.161. The summed E-state index contributed by atoms with van der Waals surface area (Å²) in [4.78, 5) is 26.6. The molecule has 6 heteroatoms. The molecule has 0 radical (unpaired) electrons. The van der Waals surface area contributed by atoms with Crippen LogP contribution >= 0.6 is 0 Å². The molecule has 2 heterocycles. The largest absolute Gasteiger partial charge is 0.491 e. The van der Waals surface area contributed by atoms with Gasteiger partial charge in [-0.1, -0.05) is 30.3 Å². The number of fused-ring (bicyclic) bond motifs is 1. The summed E-state index contributed by atoms with van der Waals surface area (Å²) in [6.45, 7) is 5.99. The molecule has 1 fully saturated rings. The number of rotatable bonds is 5. The molecule has 28 heavy (non-hydrogen) atoms. The highest BCUT2D eigenvalue weighted by Crippen LogP contribution is 2.33. The van der Waals surface area contributed by atoms with Crippen LogP contribution in [0.25, 0.3) is 11.0 Å². The van der Waals surface area contributed by atoms with Gasteiger partial charge in [0.05, 0.1) is 6.54 Å². The molecule has 0 aliphatic carbocycles. The van der Waals surface area contributed by atoms with E-state index < -0.39 is 11.6 Å². The van der Waals surface area contributed by atoms with Crippen LogP contribution in [0.2, 0.25) is 0 Å². The number of hydrogen-bond donors (Lipinski definition) is 1. The van der Waals surface area contributed by atoms with Crippen molar-refractivity contribution < 1.29 is 18.7 Å². The van der Waals surface area contributed by atoms with Gasteiger partial charge in [-0.15, -0.1) is 0 Å². The van der Waals surface area contributed by atoms with E-state index in [1.54, 1.807) is 13.0 Å². The maximum absolute atomic E-state index is 13.0. The van der Waals surface area contributed by atoms with Crippen LogP contribution in [0.3, 0.4) is 0 Å². The van der Waals surface area contributed by atoms with Crippen LogP contribution in [0.5, 0.6) is 5.75 Å². The van der Waals surface area contributed by atoms with Crippen LogP contribution in [0, 0.1) is 13.8 Å². The SMILES string of the molecule is Cc1ccc(C)c(OCCN2C(=O)NC(C)(c3cc4ccccc4o3)C2=O)c1. The van der Waals surface area contributed by atoms with Crippen LogP contribution < -0.4 is 10.1 Å². The number of furan rings is 1. The minimum atomic E-state index is -1.23. The van der Waals surface area contributed by atoms with Gasteiger partial charge in [0.2, 0.25) is 0 Å². The van der Waals surface area contributed by atoms with E-state index in [4.69, 9.17) is 9.15 Å². The second-order valence-corrected chi connectivity index (χ2v) is 7.28. The number of carbonyl (C=O) groups excluding carboxylic acids is 2. The van der Waals surface area contributed by atoms with Crippen molar-refractivity contribution in [3.8, 4) is 5.75 Å². The minimum Gasteiger partial charge on any atom is -0.491 e. The maximum atomic E-state index is 13.0. The summed E-state index contributed by atoms with van der Waals surface area (Å²) in [5.41, 5.74) is 1.55. The van der Waals surface area contributed by atoms with Gasteiger partial charge in [-0.05, 0) is 50.1 Å². The summed E-state index contributed by atoms with van der Waals surface area (Å²) < 4.78 is 11.6. The molecule has 6 nitrogen and oxygen atoms in total. The Bertz CT molecular complexity index is 1040. The highest BCUT2D eigenvalue weighted by molar-refractivity contribution is 6.07. The van der Waals surface area contributed by atoms with Crippen molar-refractivity contribution in [2.75, 3.05) is 13.2 Å². The van der Waals surface area contributed by atoms with Gasteiger partial charge in [0.25, 0.3) is 5.91 Å². The molecule has 1 unspecified atom stereocenters. The van der Waals surface area contributed by atoms with E-state index in [2.05, 4.69) is 5.32 Å². The molecule has 1 aliphatic rings. The molecule has 3 amide bonds. The Balaban J connectivity index is 1.49. The molecule has 0 spiro atoms. The van der Waals surface area contributed by atoms with E-state index >= 15 is 0 Å². The summed E-state index contributed by atoms with van der Waals surface area (Å²) in [5.74, 6) is 0.832. The third-order valence-corrected chi connectivity index (χ3v) is 5.11. The molecular formula is C22H22N2O4. The van der Waals surface area contributed by atoms with Crippen LogP contribution in [-0.2, 0) is 10.3 Å². The standard InChI is InChI=1S/C22H22N2O4/c1-14-8-9-15(2)18(12-14)27-11-10-24-20(25)22(3,23-21(24)26)19-13-16-6-4-5-7-17(16)28-19/h4-9,12-13H,10-11H2,1-3H3,(H,23,26). The second-order valence-electron chi connectivity index (χ2n) is 7.28. The zero-order valence-electron chi connectivity index (χ0n) is 16.1. The van der Waals surface area contributed by atoms with E-state index in [9.17, 15) is 9.59 Å². The molecule has 1 aromatic heterocycles. The van der Waals surface area contributed by atoms with Gasteiger partial charge in [0, 0.05) is 5.39 Å². The van der Waals surface area contributed by atoms with Gasteiger partial charge in [0.15, 0.2) is 5.54 Å². The first-order valence-corrected chi connectivity index (χ1v) is 9.22. The first-order chi connectivity index (χ1) is 13.4. The van der Waals surface area contributed by atoms with Crippen LogP contribution in [0.1, 0.15) is 23.8 Å². The number of carbonyl (C=O) groups is 2. The van der Waals surface area contributed by atoms with Gasteiger partial charge in [-0.3, -0.25) is 9.69 Å². The maximum Gasteiger partial charge on any atom is 0.325 e. The molecule has 1 saturated heterocycles. The monoisotopic (exact) mass is 378 g/mol. The van der Waals surface area contributed by atoms with Crippen molar-refractivity contribution >= 4 is 22.9 Å². The van der Waals surface area contributed by atoms with E-state index in [1.165, 1.54) is 4.90 Å². The number of ether oxygens (including phenoxy) is 1. The fourth-order valence-corrected chi connectivity index (χ4v) is 3.41. The van der Waals surface area contributed by atoms with E-state index in [-0.39, 0.29) is 19.1 Å². The normalized spacial score (nSPS) is 19.3. The smallest absolute Gasteiger partial charge is 0.325 e. The van der Waals surface area contributed by atoms with Crippen molar-refractivity contribution in [3.05, 3.63) is 65.4 Å². The summed E-state index contributed by atoms with van der Waals surface area (Å²) >= 11 is 0. The number of hydrogen-bond acceptors (Lipinski definition) is 4. The average Bonchev–Trinajstić information content (AvgIpc) is 3.20. The van der Waals surface area contributed by atoms with Crippen molar-refractivity contribution in [1.29, 1.82) is 0 Å². The van der Waals surface area contributed by atoms with Gasteiger partial charge in [-0.25, -0.2) is 4.79 Å². The van der Waals surface area contributed by atoms with Gasteiger partial charge >= 0.3 is 6.03 Å².